The van der Waals surface area contributed by atoms with E-state index in [4.69, 9.17) is 0 Å². The van der Waals surface area contributed by atoms with Gasteiger partial charge in [-0.3, -0.25) is 9.59 Å². The first kappa shape index (κ1) is 20.5. The van der Waals surface area contributed by atoms with Crippen LogP contribution in [0.2, 0.25) is 0 Å². The average molecular weight is 367 g/mol. The third kappa shape index (κ3) is 6.77. The van der Waals surface area contributed by atoms with E-state index in [1.807, 2.05) is 56.3 Å². The van der Waals surface area contributed by atoms with Crippen LogP contribution in [0.1, 0.15) is 43.7 Å². The van der Waals surface area contributed by atoms with Crippen LogP contribution in [0.15, 0.2) is 42.5 Å². The lowest BCUT2D eigenvalue weighted by atomic mass is 10.1. The van der Waals surface area contributed by atoms with Gasteiger partial charge in [-0.05, 0) is 49.6 Å². The van der Waals surface area contributed by atoms with Crippen LogP contribution in [0, 0.1) is 13.8 Å². The summed E-state index contributed by atoms with van der Waals surface area (Å²) < 4.78 is 0. The molecule has 0 unspecified atom stereocenters. The van der Waals surface area contributed by atoms with Gasteiger partial charge in [0.1, 0.15) is 0 Å². The molecule has 144 valence electrons. The largest absolute Gasteiger partial charge is 0.376 e. The lowest BCUT2D eigenvalue weighted by Gasteiger charge is -2.13. The molecule has 0 bridgehead atoms. The Bertz CT molecular complexity index is 767. The second kappa shape index (κ2) is 10.4. The first-order valence-corrected chi connectivity index (χ1v) is 9.49. The Morgan fingerprint density at radius 2 is 1.52 bits per heavy atom. The number of aryl methyl sites for hydroxylation is 2. The van der Waals surface area contributed by atoms with Crippen molar-refractivity contribution in [3.05, 3.63) is 53.6 Å². The Morgan fingerprint density at radius 3 is 2.22 bits per heavy atom. The molecule has 0 saturated heterocycles. The summed E-state index contributed by atoms with van der Waals surface area (Å²) in [7, 11) is 0. The number of amides is 2. The highest BCUT2D eigenvalue weighted by molar-refractivity contribution is 5.95. The van der Waals surface area contributed by atoms with Gasteiger partial charge in [0.05, 0.1) is 6.54 Å². The fraction of sp³-hybridized carbons (Fsp3) is 0.364. The first-order valence-electron chi connectivity index (χ1n) is 9.49. The van der Waals surface area contributed by atoms with Crippen LogP contribution < -0.4 is 16.0 Å². The Balaban J connectivity index is 1.87. The molecule has 3 N–H and O–H groups in total. The van der Waals surface area contributed by atoms with Crippen LogP contribution in [0.5, 0.6) is 0 Å². The quantitative estimate of drug-likeness (QED) is 0.554. The molecule has 2 amide bonds. The van der Waals surface area contributed by atoms with Crippen LogP contribution in [0.25, 0.3) is 0 Å². The predicted octanol–water partition coefficient (Wildman–Crippen LogP) is 4.87. The maximum Gasteiger partial charge on any atom is 0.243 e. The van der Waals surface area contributed by atoms with Crippen molar-refractivity contribution >= 4 is 28.9 Å². The molecule has 0 heterocycles. The van der Waals surface area contributed by atoms with E-state index in [1.165, 1.54) is 0 Å². The molecule has 0 spiro atoms. The van der Waals surface area contributed by atoms with Gasteiger partial charge in [0, 0.05) is 23.5 Å². The SMILES string of the molecule is CCCCCC(=O)Nc1cccc(NCC(=O)Nc2c(C)cccc2C)c1. The number of hydrogen-bond donors (Lipinski definition) is 3. The topological polar surface area (TPSA) is 70.2 Å². The van der Waals surface area contributed by atoms with Gasteiger partial charge in [-0.2, -0.15) is 0 Å². The van der Waals surface area contributed by atoms with Crippen LogP contribution in [0.4, 0.5) is 17.1 Å². The van der Waals surface area contributed by atoms with Crippen molar-refractivity contribution in [2.45, 2.75) is 46.5 Å². The summed E-state index contributed by atoms with van der Waals surface area (Å²) in [6.07, 6.45) is 3.59. The Labute approximate surface area is 161 Å². The molecule has 5 nitrogen and oxygen atoms in total. The number of rotatable bonds is 9. The van der Waals surface area contributed by atoms with Gasteiger partial charge < -0.3 is 16.0 Å². The Hall–Kier alpha value is -2.82. The maximum absolute atomic E-state index is 12.3. The monoisotopic (exact) mass is 367 g/mol. The van der Waals surface area contributed by atoms with Crippen molar-refractivity contribution in [1.82, 2.24) is 0 Å². The summed E-state index contributed by atoms with van der Waals surface area (Å²) in [4.78, 5) is 24.2. The van der Waals surface area contributed by atoms with Crippen LogP contribution in [0.3, 0.4) is 0 Å². The van der Waals surface area contributed by atoms with Crippen molar-refractivity contribution in [2.75, 3.05) is 22.5 Å². The molecule has 2 aromatic carbocycles. The van der Waals surface area contributed by atoms with E-state index in [0.29, 0.717) is 6.42 Å². The predicted molar refractivity (Wildman–Crippen MR) is 112 cm³/mol. The number of carbonyl (C=O) groups excluding carboxylic acids is 2. The van der Waals surface area contributed by atoms with E-state index in [0.717, 1.165) is 47.5 Å². The normalized spacial score (nSPS) is 10.3. The molecule has 2 rings (SSSR count). The lowest BCUT2D eigenvalue weighted by Crippen LogP contribution is -2.22. The number of benzene rings is 2. The molecule has 0 atom stereocenters. The number of nitrogens with one attached hydrogen (secondary N) is 3. The van der Waals surface area contributed by atoms with Crippen molar-refractivity contribution in [3.8, 4) is 0 Å². The molecule has 27 heavy (non-hydrogen) atoms. The highest BCUT2D eigenvalue weighted by Gasteiger charge is 2.08. The zero-order valence-electron chi connectivity index (χ0n) is 16.4. The van der Waals surface area contributed by atoms with E-state index in [9.17, 15) is 9.59 Å². The summed E-state index contributed by atoms with van der Waals surface area (Å²) in [6.45, 7) is 6.22. The molecule has 0 aromatic heterocycles. The highest BCUT2D eigenvalue weighted by atomic mass is 16.2. The smallest absolute Gasteiger partial charge is 0.243 e. The zero-order chi connectivity index (χ0) is 19.6. The van der Waals surface area contributed by atoms with Crippen LogP contribution in [-0.4, -0.2) is 18.4 Å². The molecule has 0 radical (unpaired) electrons. The van der Waals surface area contributed by atoms with Crippen LogP contribution in [-0.2, 0) is 9.59 Å². The number of carbonyl (C=O) groups is 2. The van der Waals surface area contributed by atoms with Gasteiger partial charge in [0.2, 0.25) is 11.8 Å². The average Bonchev–Trinajstić information content (AvgIpc) is 2.64. The van der Waals surface area contributed by atoms with E-state index in [1.54, 1.807) is 0 Å². The van der Waals surface area contributed by atoms with E-state index >= 15 is 0 Å². The summed E-state index contributed by atoms with van der Waals surface area (Å²) >= 11 is 0. The second-order valence-electron chi connectivity index (χ2n) is 6.75. The summed E-state index contributed by atoms with van der Waals surface area (Å²) in [6, 6.07) is 13.3. The molecule has 2 aromatic rings. The zero-order valence-corrected chi connectivity index (χ0v) is 16.4. The van der Waals surface area contributed by atoms with Crippen molar-refractivity contribution in [3.63, 3.8) is 0 Å². The Kier molecular flexibility index (Phi) is 7.86. The van der Waals surface area contributed by atoms with E-state index in [2.05, 4.69) is 22.9 Å². The minimum absolute atomic E-state index is 0.0216. The molecule has 0 aliphatic carbocycles. The van der Waals surface area contributed by atoms with E-state index < -0.39 is 0 Å². The van der Waals surface area contributed by atoms with Gasteiger partial charge in [0.15, 0.2) is 0 Å². The highest BCUT2D eigenvalue weighted by Crippen LogP contribution is 2.19. The maximum atomic E-state index is 12.3. The number of para-hydroxylation sites is 1. The van der Waals surface area contributed by atoms with Gasteiger partial charge in [-0.1, -0.05) is 44.0 Å². The van der Waals surface area contributed by atoms with Gasteiger partial charge in [0.25, 0.3) is 0 Å². The van der Waals surface area contributed by atoms with Crippen molar-refractivity contribution in [2.24, 2.45) is 0 Å². The number of unbranched alkanes of at least 4 members (excludes halogenated alkanes) is 2. The van der Waals surface area contributed by atoms with Gasteiger partial charge in [-0.15, -0.1) is 0 Å². The molecule has 0 saturated carbocycles. The minimum Gasteiger partial charge on any atom is -0.376 e. The third-order valence-corrected chi connectivity index (χ3v) is 4.35. The number of hydrogen-bond acceptors (Lipinski definition) is 3. The van der Waals surface area contributed by atoms with Gasteiger partial charge in [-0.25, -0.2) is 0 Å². The Morgan fingerprint density at radius 1 is 0.852 bits per heavy atom. The lowest BCUT2D eigenvalue weighted by molar-refractivity contribution is -0.116. The molecule has 0 aliphatic rings. The molecule has 0 aliphatic heterocycles. The van der Waals surface area contributed by atoms with Crippen molar-refractivity contribution < 1.29 is 9.59 Å². The fourth-order valence-electron chi connectivity index (χ4n) is 2.84. The van der Waals surface area contributed by atoms with Crippen LogP contribution >= 0.6 is 0 Å². The standard InChI is InChI=1S/C22H29N3O2/c1-4-5-6-13-20(26)24-19-12-8-11-18(14-19)23-15-21(27)25-22-16(2)9-7-10-17(22)3/h7-12,14,23H,4-6,13,15H2,1-3H3,(H,24,26)(H,25,27). The van der Waals surface area contributed by atoms with Crippen molar-refractivity contribution in [1.29, 1.82) is 0 Å². The number of anilines is 3. The minimum atomic E-state index is -0.110. The first-order chi connectivity index (χ1) is 13.0. The molecule has 5 heteroatoms. The second-order valence-corrected chi connectivity index (χ2v) is 6.75. The molecular weight excluding hydrogens is 338 g/mol. The summed E-state index contributed by atoms with van der Waals surface area (Å²) in [5.74, 6) is -0.0882. The molecule has 0 fully saturated rings. The van der Waals surface area contributed by atoms with E-state index in [-0.39, 0.29) is 18.4 Å². The summed E-state index contributed by atoms with van der Waals surface area (Å²) in [5, 5.41) is 8.96. The fourth-order valence-corrected chi connectivity index (χ4v) is 2.84. The molecular formula is C22H29N3O2. The summed E-state index contributed by atoms with van der Waals surface area (Å²) in [5.41, 5.74) is 4.46. The van der Waals surface area contributed by atoms with Gasteiger partial charge >= 0.3 is 0 Å². The third-order valence-electron chi connectivity index (χ3n) is 4.35.